The molecule has 1 N–H and O–H groups in total. The van der Waals surface area contributed by atoms with Crippen molar-refractivity contribution in [2.45, 2.75) is 19.4 Å². The van der Waals surface area contributed by atoms with Gasteiger partial charge in [0.25, 0.3) is 5.91 Å². The second-order valence-corrected chi connectivity index (χ2v) is 5.74. The summed E-state index contributed by atoms with van der Waals surface area (Å²) >= 11 is 0. The van der Waals surface area contributed by atoms with Crippen molar-refractivity contribution < 1.29 is 9.53 Å². The molecule has 1 fully saturated rings. The summed E-state index contributed by atoms with van der Waals surface area (Å²) < 4.78 is 7.24. The van der Waals surface area contributed by atoms with Gasteiger partial charge in [0.2, 0.25) is 0 Å². The number of rotatable bonds is 5. The molecule has 2 aromatic rings. The van der Waals surface area contributed by atoms with Crippen LogP contribution in [0.25, 0.3) is 0 Å². The fraction of sp³-hybridized carbons (Fsp3) is 0.412. The SMILES string of the molecule is CCOc1cccc(C(=O)N[C@H]2CCN(c3cnn(C)c3)C2)c1. The van der Waals surface area contributed by atoms with Gasteiger partial charge in [-0.1, -0.05) is 6.07 Å². The number of nitrogens with one attached hydrogen (secondary N) is 1. The van der Waals surface area contributed by atoms with Gasteiger partial charge in [-0.15, -0.1) is 0 Å². The Morgan fingerprint density at radius 2 is 2.35 bits per heavy atom. The molecule has 0 bridgehead atoms. The maximum Gasteiger partial charge on any atom is 0.251 e. The summed E-state index contributed by atoms with van der Waals surface area (Å²) in [4.78, 5) is 14.6. The molecule has 1 aromatic carbocycles. The standard InChI is InChI=1S/C17H22N4O2/c1-3-23-16-6-4-5-13(9-16)17(22)19-14-7-8-21(11-14)15-10-18-20(2)12-15/h4-6,9-10,12,14H,3,7-8,11H2,1-2H3,(H,19,22)/t14-/m0/s1. The molecule has 1 atom stereocenters. The van der Waals surface area contributed by atoms with E-state index >= 15 is 0 Å². The lowest BCUT2D eigenvalue weighted by Gasteiger charge is -2.17. The molecule has 2 heterocycles. The van der Waals surface area contributed by atoms with Gasteiger partial charge in [0, 0.05) is 37.9 Å². The number of carbonyl (C=O) groups is 1. The predicted octanol–water partition coefficient (Wildman–Crippen LogP) is 1.83. The van der Waals surface area contributed by atoms with E-state index in [2.05, 4.69) is 15.3 Å². The maximum absolute atomic E-state index is 12.4. The van der Waals surface area contributed by atoms with E-state index in [0.29, 0.717) is 12.2 Å². The number of aryl methyl sites for hydroxylation is 1. The van der Waals surface area contributed by atoms with Gasteiger partial charge in [-0.3, -0.25) is 9.48 Å². The number of ether oxygens (including phenoxy) is 1. The lowest BCUT2D eigenvalue weighted by atomic mass is 10.1. The van der Waals surface area contributed by atoms with Crippen LogP contribution in [0.4, 0.5) is 5.69 Å². The molecule has 1 amide bonds. The highest BCUT2D eigenvalue weighted by Crippen LogP contribution is 2.20. The van der Waals surface area contributed by atoms with Crippen LogP contribution in [0.15, 0.2) is 36.7 Å². The summed E-state index contributed by atoms with van der Waals surface area (Å²) in [6, 6.07) is 7.45. The van der Waals surface area contributed by atoms with Gasteiger partial charge in [0.15, 0.2) is 0 Å². The molecule has 0 unspecified atom stereocenters. The molecule has 1 aromatic heterocycles. The van der Waals surface area contributed by atoms with Crippen molar-refractivity contribution in [1.29, 1.82) is 0 Å². The predicted molar refractivity (Wildman–Crippen MR) is 88.9 cm³/mol. The molecular weight excluding hydrogens is 292 g/mol. The van der Waals surface area contributed by atoms with E-state index < -0.39 is 0 Å². The molecular formula is C17H22N4O2. The molecule has 6 heteroatoms. The number of carbonyl (C=O) groups excluding carboxylic acids is 1. The number of hydrogen-bond donors (Lipinski definition) is 1. The molecule has 0 saturated carbocycles. The maximum atomic E-state index is 12.4. The van der Waals surface area contributed by atoms with E-state index in [1.165, 1.54) is 0 Å². The monoisotopic (exact) mass is 314 g/mol. The van der Waals surface area contributed by atoms with Gasteiger partial charge >= 0.3 is 0 Å². The fourth-order valence-corrected chi connectivity index (χ4v) is 2.85. The first-order chi connectivity index (χ1) is 11.2. The van der Waals surface area contributed by atoms with Gasteiger partial charge in [-0.25, -0.2) is 0 Å². The van der Waals surface area contributed by atoms with E-state index in [1.54, 1.807) is 10.7 Å². The minimum Gasteiger partial charge on any atom is -0.494 e. The Morgan fingerprint density at radius 1 is 1.48 bits per heavy atom. The van der Waals surface area contributed by atoms with Crippen LogP contribution < -0.4 is 15.0 Å². The summed E-state index contributed by atoms with van der Waals surface area (Å²) in [5.41, 5.74) is 1.73. The van der Waals surface area contributed by atoms with E-state index in [9.17, 15) is 4.79 Å². The highest BCUT2D eigenvalue weighted by molar-refractivity contribution is 5.94. The Bertz CT molecular complexity index is 683. The fourth-order valence-electron chi connectivity index (χ4n) is 2.85. The van der Waals surface area contributed by atoms with Crippen molar-refractivity contribution in [3.8, 4) is 5.75 Å². The third kappa shape index (κ3) is 3.64. The lowest BCUT2D eigenvalue weighted by Crippen LogP contribution is -2.37. The lowest BCUT2D eigenvalue weighted by molar-refractivity contribution is 0.0940. The van der Waals surface area contributed by atoms with Gasteiger partial charge in [0.05, 0.1) is 18.5 Å². The smallest absolute Gasteiger partial charge is 0.251 e. The van der Waals surface area contributed by atoms with Crippen LogP contribution in [-0.4, -0.2) is 41.4 Å². The third-order valence-corrected chi connectivity index (χ3v) is 3.99. The minimum atomic E-state index is -0.0513. The Morgan fingerprint density at radius 3 is 3.09 bits per heavy atom. The van der Waals surface area contributed by atoms with Gasteiger partial charge in [-0.05, 0) is 31.5 Å². The van der Waals surface area contributed by atoms with Crippen molar-refractivity contribution in [3.05, 3.63) is 42.2 Å². The largest absolute Gasteiger partial charge is 0.494 e. The zero-order valence-corrected chi connectivity index (χ0v) is 13.5. The average Bonchev–Trinajstić information content (AvgIpc) is 3.17. The number of aromatic nitrogens is 2. The second kappa shape index (κ2) is 6.73. The quantitative estimate of drug-likeness (QED) is 0.915. The Balaban J connectivity index is 1.59. The van der Waals surface area contributed by atoms with Crippen LogP contribution in [0.2, 0.25) is 0 Å². The van der Waals surface area contributed by atoms with Crippen LogP contribution in [0.1, 0.15) is 23.7 Å². The minimum absolute atomic E-state index is 0.0513. The van der Waals surface area contributed by atoms with Gasteiger partial charge in [-0.2, -0.15) is 5.10 Å². The molecule has 1 saturated heterocycles. The molecule has 23 heavy (non-hydrogen) atoms. The van der Waals surface area contributed by atoms with Crippen LogP contribution >= 0.6 is 0 Å². The van der Waals surface area contributed by atoms with Crippen LogP contribution in [0.3, 0.4) is 0 Å². The normalized spacial score (nSPS) is 17.3. The first kappa shape index (κ1) is 15.4. The van der Waals surface area contributed by atoms with Crippen molar-refractivity contribution in [2.24, 2.45) is 7.05 Å². The summed E-state index contributed by atoms with van der Waals surface area (Å²) in [5, 5.41) is 7.30. The first-order valence-corrected chi connectivity index (χ1v) is 7.93. The number of anilines is 1. The molecule has 0 radical (unpaired) electrons. The number of amides is 1. The third-order valence-electron chi connectivity index (χ3n) is 3.99. The van der Waals surface area contributed by atoms with Crippen LogP contribution in [-0.2, 0) is 7.05 Å². The molecule has 122 valence electrons. The van der Waals surface area contributed by atoms with Crippen molar-refractivity contribution >= 4 is 11.6 Å². The molecule has 1 aliphatic heterocycles. The van der Waals surface area contributed by atoms with Crippen LogP contribution in [0.5, 0.6) is 5.75 Å². The number of nitrogens with zero attached hydrogens (tertiary/aromatic N) is 3. The van der Waals surface area contributed by atoms with E-state index in [-0.39, 0.29) is 11.9 Å². The van der Waals surface area contributed by atoms with Crippen molar-refractivity contribution in [2.75, 3.05) is 24.6 Å². The molecule has 1 aliphatic rings. The summed E-state index contributed by atoms with van der Waals surface area (Å²) in [7, 11) is 1.91. The summed E-state index contributed by atoms with van der Waals surface area (Å²) in [6.45, 7) is 4.25. The number of hydrogen-bond acceptors (Lipinski definition) is 4. The molecule has 0 spiro atoms. The second-order valence-electron chi connectivity index (χ2n) is 5.74. The van der Waals surface area contributed by atoms with Gasteiger partial charge < -0.3 is 15.0 Å². The van der Waals surface area contributed by atoms with E-state index in [0.717, 1.165) is 30.9 Å². The zero-order valence-electron chi connectivity index (χ0n) is 13.5. The van der Waals surface area contributed by atoms with E-state index in [1.807, 2.05) is 44.6 Å². The zero-order chi connectivity index (χ0) is 16.2. The average molecular weight is 314 g/mol. The molecule has 6 nitrogen and oxygen atoms in total. The van der Waals surface area contributed by atoms with Crippen LogP contribution in [0, 0.1) is 0 Å². The first-order valence-electron chi connectivity index (χ1n) is 7.93. The Labute approximate surface area is 136 Å². The Hall–Kier alpha value is -2.50. The van der Waals surface area contributed by atoms with Crippen molar-refractivity contribution in [1.82, 2.24) is 15.1 Å². The molecule has 0 aliphatic carbocycles. The van der Waals surface area contributed by atoms with Gasteiger partial charge in [0.1, 0.15) is 5.75 Å². The van der Waals surface area contributed by atoms with Crippen molar-refractivity contribution in [3.63, 3.8) is 0 Å². The highest BCUT2D eigenvalue weighted by atomic mass is 16.5. The topological polar surface area (TPSA) is 59.4 Å². The van der Waals surface area contributed by atoms with E-state index in [4.69, 9.17) is 4.74 Å². The summed E-state index contributed by atoms with van der Waals surface area (Å²) in [5.74, 6) is 0.674. The number of benzene rings is 1. The highest BCUT2D eigenvalue weighted by Gasteiger charge is 2.25. The Kier molecular flexibility index (Phi) is 4.50. The molecule has 3 rings (SSSR count). The summed E-state index contributed by atoms with van der Waals surface area (Å²) in [6.07, 6.45) is 4.79.